The standard InChI is InChI=1S/C21H27ClN4O2S/c1-21(2,3)28-20(27)26-13-5-6-14(26)8-12(7-13)24-19-16-9-15(29-4)11-23-17(16)10-18(22)25-19/h9-14H,5-8H2,1-4H3,(H,24,25)/t12-,13-,14+. The van der Waals surface area contributed by atoms with Gasteiger partial charge in [0.25, 0.3) is 0 Å². The maximum Gasteiger partial charge on any atom is 0.410 e. The molecule has 0 radical (unpaired) electrons. The molecule has 8 heteroatoms. The number of hydrogen-bond acceptors (Lipinski definition) is 6. The number of amides is 1. The second-order valence-electron chi connectivity index (χ2n) is 8.82. The first kappa shape index (κ1) is 20.5. The third kappa shape index (κ3) is 4.40. The molecule has 0 saturated carbocycles. The number of nitrogens with one attached hydrogen (secondary N) is 1. The van der Waals surface area contributed by atoms with E-state index in [1.807, 2.05) is 38.1 Å². The highest BCUT2D eigenvalue weighted by atomic mass is 35.5. The number of piperidine rings is 1. The zero-order chi connectivity index (χ0) is 20.8. The van der Waals surface area contributed by atoms with Gasteiger partial charge in [-0.2, -0.15) is 0 Å². The normalized spacial score (nSPS) is 24.0. The lowest BCUT2D eigenvalue weighted by molar-refractivity contribution is 0.00683. The Balaban J connectivity index is 1.53. The molecule has 2 aliphatic heterocycles. The van der Waals surface area contributed by atoms with E-state index in [2.05, 4.69) is 21.4 Å². The van der Waals surface area contributed by atoms with Crippen molar-refractivity contribution in [3.05, 3.63) is 23.5 Å². The van der Waals surface area contributed by atoms with Gasteiger partial charge in [-0.15, -0.1) is 11.8 Å². The van der Waals surface area contributed by atoms with E-state index in [9.17, 15) is 4.79 Å². The van der Waals surface area contributed by atoms with Gasteiger partial charge in [-0.1, -0.05) is 11.6 Å². The summed E-state index contributed by atoms with van der Waals surface area (Å²) in [7, 11) is 0. The minimum atomic E-state index is -0.475. The summed E-state index contributed by atoms with van der Waals surface area (Å²) in [4.78, 5) is 24.8. The van der Waals surface area contributed by atoms with E-state index >= 15 is 0 Å². The minimum absolute atomic E-state index is 0.191. The van der Waals surface area contributed by atoms with E-state index in [4.69, 9.17) is 16.3 Å². The number of carbonyl (C=O) groups is 1. The Hall–Kier alpha value is -1.73. The number of nitrogens with zero attached hydrogens (tertiary/aromatic N) is 3. The van der Waals surface area contributed by atoms with Gasteiger partial charge >= 0.3 is 6.09 Å². The van der Waals surface area contributed by atoms with Crippen LogP contribution in [-0.4, -0.2) is 50.9 Å². The van der Waals surface area contributed by atoms with Gasteiger partial charge < -0.3 is 15.0 Å². The first-order valence-electron chi connectivity index (χ1n) is 10.0. The molecule has 2 fully saturated rings. The van der Waals surface area contributed by atoms with Crippen molar-refractivity contribution in [2.75, 3.05) is 11.6 Å². The molecule has 2 aliphatic rings. The molecule has 2 aromatic heterocycles. The van der Waals surface area contributed by atoms with Crippen molar-refractivity contribution in [2.45, 2.75) is 75.1 Å². The van der Waals surface area contributed by atoms with Crippen LogP contribution in [0.1, 0.15) is 46.5 Å². The van der Waals surface area contributed by atoms with E-state index in [0.29, 0.717) is 5.15 Å². The number of anilines is 1. The molecule has 6 nitrogen and oxygen atoms in total. The first-order chi connectivity index (χ1) is 13.7. The summed E-state index contributed by atoms with van der Waals surface area (Å²) in [5, 5.41) is 5.01. The lowest BCUT2D eigenvalue weighted by atomic mass is 9.97. The molecule has 0 spiro atoms. The van der Waals surface area contributed by atoms with E-state index in [-0.39, 0.29) is 24.2 Å². The van der Waals surface area contributed by atoms with Gasteiger partial charge in [0.15, 0.2) is 0 Å². The summed E-state index contributed by atoms with van der Waals surface area (Å²) >= 11 is 7.90. The van der Waals surface area contributed by atoms with Crippen molar-refractivity contribution >= 4 is 46.2 Å². The van der Waals surface area contributed by atoms with Gasteiger partial charge in [0.05, 0.1) is 5.52 Å². The molecule has 1 N–H and O–H groups in total. The van der Waals surface area contributed by atoms with Crippen LogP contribution in [0, 0.1) is 0 Å². The van der Waals surface area contributed by atoms with Crippen LogP contribution in [0.15, 0.2) is 23.2 Å². The third-order valence-electron chi connectivity index (χ3n) is 5.54. The molecular weight excluding hydrogens is 408 g/mol. The number of ether oxygens (including phenoxy) is 1. The van der Waals surface area contributed by atoms with E-state index in [1.54, 1.807) is 17.8 Å². The summed E-state index contributed by atoms with van der Waals surface area (Å²) < 4.78 is 5.64. The Morgan fingerprint density at radius 3 is 2.59 bits per heavy atom. The molecular formula is C21H27ClN4O2S. The van der Waals surface area contributed by atoms with Crippen LogP contribution in [0.25, 0.3) is 10.9 Å². The van der Waals surface area contributed by atoms with Crippen molar-refractivity contribution in [1.29, 1.82) is 0 Å². The van der Waals surface area contributed by atoms with Gasteiger partial charge in [-0.3, -0.25) is 4.98 Å². The van der Waals surface area contributed by atoms with E-state index in [1.165, 1.54) is 0 Å². The van der Waals surface area contributed by atoms with Crippen molar-refractivity contribution in [1.82, 2.24) is 14.9 Å². The Morgan fingerprint density at radius 1 is 1.28 bits per heavy atom. The molecule has 4 rings (SSSR count). The van der Waals surface area contributed by atoms with Crippen LogP contribution in [0.5, 0.6) is 0 Å². The highest BCUT2D eigenvalue weighted by Gasteiger charge is 2.45. The van der Waals surface area contributed by atoms with Gasteiger partial charge in [-0.25, -0.2) is 9.78 Å². The second kappa shape index (κ2) is 7.84. The Morgan fingerprint density at radius 2 is 1.97 bits per heavy atom. The highest BCUT2D eigenvalue weighted by molar-refractivity contribution is 7.98. The number of thioether (sulfide) groups is 1. The average molecular weight is 435 g/mol. The molecule has 0 aromatic carbocycles. The van der Waals surface area contributed by atoms with Crippen LogP contribution >= 0.6 is 23.4 Å². The molecule has 156 valence electrons. The fraction of sp³-hybridized carbons (Fsp3) is 0.571. The topological polar surface area (TPSA) is 67.4 Å². The number of pyridine rings is 2. The van der Waals surface area contributed by atoms with Crippen molar-refractivity contribution < 1.29 is 9.53 Å². The molecule has 3 atom stereocenters. The van der Waals surface area contributed by atoms with Gasteiger partial charge in [-0.05, 0) is 58.8 Å². The predicted molar refractivity (Wildman–Crippen MR) is 118 cm³/mol. The molecule has 29 heavy (non-hydrogen) atoms. The minimum Gasteiger partial charge on any atom is -0.444 e. The molecule has 2 saturated heterocycles. The van der Waals surface area contributed by atoms with Crippen molar-refractivity contribution in [3.63, 3.8) is 0 Å². The van der Waals surface area contributed by atoms with E-state index < -0.39 is 5.60 Å². The number of hydrogen-bond donors (Lipinski definition) is 1. The SMILES string of the molecule is CSc1cnc2cc(Cl)nc(N[C@@H]3C[C@H]4CC[C@@H](C3)N4C(=O)OC(C)(C)C)c2c1. The number of rotatable bonds is 3. The number of fused-ring (bicyclic) bond motifs is 3. The molecule has 1 amide bonds. The average Bonchev–Trinajstić information content (AvgIpc) is 2.91. The fourth-order valence-corrected chi connectivity index (χ4v) is 4.98. The maximum atomic E-state index is 12.7. The summed E-state index contributed by atoms with van der Waals surface area (Å²) in [5.41, 5.74) is 0.358. The molecule has 2 aromatic rings. The monoisotopic (exact) mass is 434 g/mol. The fourth-order valence-electron chi connectivity index (χ4n) is 4.40. The van der Waals surface area contributed by atoms with Crippen molar-refractivity contribution in [3.8, 4) is 0 Å². The number of aromatic nitrogens is 2. The number of halogens is 1. The van der Waals surface area contributed by atoms with Crippen molar-refractivity contribution in [2.24, 2.45) is 0 Å². The molecule has 2 bridgehead atoms. The van der Waals surface area contributed by atoms with Crippen LogP contribution in [0.4, 0.5) is 10.6 Å². The second-order valence-corrected chi connectivity index (χ2v) is 10.1. The largest absolute Gasteiger partial charge is 0.444 e. The molecule has 0 aliphatic carbocycles. The summed E-state index contributed by atoms with van der Waals surface area (Å²) in [6, 6.07) is 4.53. The number of carbonyl (C=O) groups excluding carboxylic acids is 1. The van der Waals surface area contributed by atoms with Crippen LogP contribution in [0.2, 0.25) is 5.15 Å². The van der Waals surface area contributed by atoms with Gasteiger partial charge in [0.2, 0.25) is 0 Å². The lowest BCUT2D eigenvalue weighted by Crippen LogP contribution is -2.51. The lowest BCUT2D eigenvalue weighted by Gasteiger charge is -2.39. The maximum absolute atomic E-state index is 12.7. The predicted octanol–water partition coefficient (Wildman–Crippen LogP) is 5.35. The summed E-state index contributed by atoms with van der Waals surface area (Å²) in [6.07, 6.45) is 7.48. The van der Waals surface area contributed by atoms with E-state index in [0.717, 1.165) is 47.3 Å². The highest BCUT2D eigenvalue weighted by Crippen LogP contribution is 2.38. The van der Waals surface area contributed by atoms with Crippen LogP contribution < -0.4 is 5.32 Å². The Bertz CT molecular complexity index is 919. The first-order valence-corrected chi connectivity index (χ1v) is 11.6. The zero-order valence-corrected chi connectivity index (χ0v) is 18.8. The Labute approximate surface area is 180 Å². The zero-order valence-electron chi connectivity index (χ0n) is 17.2. The smallest absolute Gasteiger partial charge is 0.410 e. The Kier molecular flexibility index (Phi) is 5.55. The molecule has 0 unspecified atom stereocenters. The van der Waals surface area contributed by atoms with Crippen LogP contribution in [0.3, 0.4) is 0 Å². The summed E-state index contributed by atoms with van der Waals surface area (Å²) in [6.45, 7) is 5.73. The molecule has 4 heterocycles. The summed E-state index contributed by atoms with van der Waals surface area (Å²) in [5.74, 6) is 0.769. The van der Waals surface area contributed by atoms with Crippen LogP contribution in [-0.2, 0) is 4.74 Å². The van der Waals surface area contributed by atoms with Gasteiger partial charge in [0, 0.05) is 40.7 Å². The van der Waals surface area contributed by atoms with Gasteiger partial charge in [0.1, 0.15) is 16.6 Å². The quantitative estimate of drug-likeness (QED) is 0.519. The third-order valence-corrected chi connectivity index (χ3v) is 6.43.